The smallest absolute Gasteiger partial charge is 0.305 e. The van der Waals surface area contributed by atoms with Crippen molar-refractivity contribution >= 4 is 62.5 Å². The zero-order chi connectivity index (χ0) is 19.1. The molecule has 27 heavy (non-hydrogen) atoms. The van der Waals surface area contributed by atoms with E-state index in [2.05, 4.69) is 4.98 Å². The number of amides is 1. The third-order valence-corrected chi connectivity index (χ3v) is 6.58. The maximum Gasteiger partial charge on any atom is 0.305 e. The number of aromatic nitrogens is 1. The lowest BCUT2D eigenvalue weighted by atomic mass is 10.2. The molecule has 0 fully saturated rings. The summed E-state index contributed by atoms with van der Waals surface area (Å²) in [6, 6.07) is 9.54. The summed E-state index contributed by atoms with van der Waals surface area (Å²) in [5.41, 5.74) is 1.16. The van der Waals surface area contributed by atoms with E-state index in [4.69, 9.17) is 16.7 Å². The highest BCUT2D eigenvalue weighted by Gasteiger charge is 2.35. The fourth-order valence-corrected chi connectivity index (χ4v) is 5.20. The van der Waals surface area contributed by atoms with Gasteiger partial charge in [0.1, 0.15) is 10.8 Å². The molecule has 1 amide bonds. The Morgan fingerprint density at radius 1 is 1.30 bits per heavy atom. The van der Waals surface area contributed by atoms with Crippen LogP contribution < -0.4 is 4.90 Å². The van der Waals surface area contributed by atoms with Crippen molar-refractivity contribution in [3.8, 4) is 0 Å². The van der Waals surface area contributed by atoms with Gasteiger partial charge in [-0.2, -0.15) is 0 Å². The Hall–Kier alpha value is -2.16. The molecule has 0 saturated carbocycles. The summed E-state index contributed by atoms with van der Waals surface area (Å²) < 4.78 is 14.2. The topological polar surface area (TPSA) is 70.5 Å². The number of thiazole rings is 1. The number of carbonyl (C=O) groups excluding carboxylic acids is 1. The van der Waals surface area contributed by atoms with Crippen molar-refractivity contribution in [1.29, 1.82) is 0 Å². The van der Waals surface area contributed by atoms with E-state index in [0.717, 1.165) is 9.60 Å². The monoisotopic (exact) mass is 422 g/mol. The van der Waals surface area contributed by atoms with Crippen LogP contribution in [0.25, 0.3) is 10.2 Å². The minimum Gasteiger partial charge on any atom is -0.481 e. The first kappa shape index (κ1) is 18.2. The van der Waals surface area contributed by atoms with Crippen LogP contribution in [-0.4, -0.2) is 27.2 Å². The molecule has 2 heterocycles. The van der Waals surface area contributed by atoms with Gasteiger partial charge in [-0.3, -0.25) is 9.59 Å². The average molecular weight is 423 g/mol. The van der Waals surface area contributed by atoms with E-state index in [1.807, 2.05) is 0 Å². The highest BCUT2D eigenvalue weighted by Crippen LogP contribution is 2.42. The molecule has 138 valence electrons. The number of carboxylic acids is 1. The maximum atomic E-state index is 13.4. The molecule has 5 nitrogen and oxygen atoms in total. The lowest BCUT2D eigenvalue weighted by Crippen LogP contribution is -2.41. The number of carbonyl (C=O) groups is 2. The van der Waals surface area contributed by atoms with Gasteiger partial charge in [0.15, 0.2) is 0 Å². The number of nitrogens with zero attached hydrogens (tertiary/aromatic N) is 2. The summed E-state index contributed by atoms with van der Waals surface area (Å²) in [7, 11) is 0. The van der Waals surface area contributed by atoms with Gasteiger partial charge in [-0.05, 0) is 30.3 Å². The van der Waals surface area contributed by atoms with Crippen molar-refractivity contribution in [1.82, 2.24) is 4.98 Å². The molecule has 1 unspecified atom stereocenters. The van der Waals surface area contributed by atoms with Gasteiger partial charge in [0.2, 0.25) is 5.91 Å². The SMILES string of the molecule is O=C(O)CC1Sc2ccc(Cl)cc2N(Cc2nc3cc(F)ccc3s2)C1=O. The van der Waals surface area contributed by atoms with Crippen molar-refractivity contribution in [3.63, 3.8) is 0 Å². The number of carboxylic acid groups (broad SMARTS) is 1. The second kappa shape index (κ2) is 7.10. The molecule has 1 aliphatic heterocycles. The minimum atomic E-state index is -1.03. The molecule has 1 aromatic heterocycles. The molecule has 0 aliphatic carbocycles. The van der Waals surface area contributed by atoms with Crippen molar-refractivity contribution in [3.05, 3.63) is 52.2 Å². The van der Waals surface area contributed by atoms with E-state index < -0.39 is 11.2 Å². The van der Waals surface area contributed by atoms with Gasteiger partial charge < -0.3 is 10.0 Å². The lowest BCUT2D eigenvalue weighted by molar-refractivity contribution is -0.138. The lowest BCUT2D eigenvalue weighted by Gasteiger charge is -2.32. The molecular weight excluding hydrogens is 411 g/mol. The molecule has 0 bridgehead atoms. The fourth-order valence-electron chi connectivity index (χ4n) is 2.90. The number of benzene rings is 2. The molecular formula is C18H12ClFN2O3S2. The molecule has 2 aromatic carbocycles. The standard InChI is InChI=1S/C18H12ClFN2O3S2/c19-9-1-3-14-12(5-9)22(18(25)15(26-14)7-17(23)24)8-16-21-11-6-10(20)2-4-13(11)27-16/h1-6,15H,7-8H2,(H,23,24). The van der Waals surface area contributed by atoms with Gasteiger partial charge in [0.25, 0.3) is 0 Å². The van der Waals surface area contributed by atoms with Crippen LogP contribution in [0.5, 0.6) is 0 Å². The van der Waals surface area contributed by atoms with Crippen molar-refractivity contribution < 1.29 is 19.1 Å². The average Bonchev–Trinajstić information content (AvgIpc) is 3.00. The first-order valence-electron chi connectivity index (χ1n) is 7.95. The van der Waals surface area contributed by atoms with Crippen molar-refractivity contribution in [2.75, 3.05) is 4.90 Å². The number of rotatable bonds is 4. The number of hydrogen-bond acceptors (Lipinski definition) is 5. The van der Waals surface area contributed by atoms with Crippen LogP contribution in [0.15, 0.2) is 41.3 Å². The Morgan fingerprint density at radius 2 is 2.11 bits per heavy atom. The van der Waals surface area contributed by atoms with Gasteiger partial charge >= 0.3 is 5.97 Å². The molecule has 0 saturated heterocycles. The summed E-state index contributed by atoms with van der Waals surface area (Å²) in [4.78, 5) is 30.8. The predicted octanol–water partition coefficient (Wildman–Crippen LogP) is 4.57. The van der Waals surface area contributed by atoms with Crippen LogP contribution in [0.1, 0.15) is 11.4 Å². The van der Waals surface area contributed by atoms with Crippen molar-refractivity contribution in [2.45, 2.75) is 23.1 Å². The summed E-state index contributed by atoms with van der Waals surface area (Å²) >= 11 is 8.69. The fraction of sp³-hybridized carbons (Fsp3) is 0.167. The number of halogens is 2. The van der Waals surface area contributed by atoms with E-state index in [9.17, 15) is 14.0 Å². The maximum absolute atomic E-state index is 13.4. The first-order valence-corrected chi connectivity index (χ1v) is 10.0. The summed E-state index contributed by atoms with van der Waals surface area (Å²) in [6.07, 6.45) is -0.271. The quantitative estimate of drug-likeness (QED) is 0.666. The van der Waals surface area contributed by atoms with E-state index >= 15 is 0 Å². The number of thioether (sulfide) groups is 1. The molecule has 1 aliphatic rings. The zero-order valence-electron chi connectivity index (χ0n) is 13.7. The minimum absolute atomic E-state index is 0.170. The third kappa shape index (κ3) is 3.65. The molecule has 1 N–H and O–H groups in total. The van der Waals surface area contributed by atoms with Gasteiger partial charge in [-0.25, -0.2) is 9.37 Å². The number of anilines is 1. The zero-order valence-corrected chi connectivity index (χ0v) is 16.1. The summed E-state index contributed by atoms with van der Waals surface area (Å²) in [6.45, 7) is 0.170. The molecule has 0 radical (unpaired) electrons. The Kier molecular flexibility index (Phi) is 4.79. The van der Waals surface area contributed by atoms with Crippen LogP contribution in [-0.2, 0) is 16.1 Å². The summed E-state index contributed by atoms with van der Waals surface area (Å²) in [5, 5.41) is 9.52. The largest absolute Gasteiger partial charge is 0.481 e. The predicted molar refractivity (Wildman–Crippen MR) is 104 cm³/mol. The summed E-state index contributed by atoms with van der Waals surface area (Å²) in [5.74, 6) is -1.71. The van der Waals surface area contributed by atoms with Gasteiger partial charge in [0.05, 0.1) is 34.1 Å². The second-order valence-corrected chi connectivity index (χ2v) is 8.76. The van der Waals surface area contributed by atoms with Crippen LogP contribution >= 0.6 is 34.7 Å². The molecule has 3 aromatic rings. The molecule has 1 atom stereocenters. The third-order valence-electron chi connectivity index (χ3n) is 4.07. The molecule has 4 rings (SSSR count). The second-order valence-electron chi connectivity index (χ2n) is 5.96. The number of fused-ring (bicyclic) bond motifs is 2. The molecule has 9 heteroatoms. The Balaban J connectivity index is 1.72. The highest BCUT2D eigenvalue weighted by molar-refractivity contribution is 8.01. The highest BCUT2D eigenvalue weighted by atomic mass is 35.5. The van der Waals surface area contributed by atoms with Crippen molar-refractivity contribution in [2.24, 2.45) is 0 Å². The van der Waals surface area contributed by atoms with E-state index in [0.29, 0.717) is 21.2 Å². The number of aliphatic carboxylic acids is 1. The van der Waals surface area contributed by atoms with E-state index in [-0.39, 0.29) is 24.7 Å². The van der Waals surface area contributed by atoms with Gasteiger partial charge in [-0.15, -0.1) is 23.1 Å². The Bertz CT molecular complexity index is 1070. The first-order chi connectivity index (χ1) is 12.9. The van der Waals surface area contributed by atoms with Crippen LogP contribution in [0.2, 0.25) is 5.02 Å². The van der Waals surface area contributed by atoms with Gasteiger partial charge in [0, 0.05) is 16.0 Å². The Morgan fingerprint density at radius 3 is 2.89 bits per heavy atom. The molecule has 0 spiro atoms. The van der Waals surface area contributed by atoms with E-state index in [1.165, 1.54) is 40.1 Å². The Labute approximate surface area is 166 Å². The number of hydrogen-bond donors (Lipinski definition) is 1. The van der Waals surface area contributed by atoms with Crippen LogP contribution in [0, 0.1) is 5.82 Å². The van der Waals surface area contributed by atoms with Crippen LogP contribution in [0.4, 0.5) is 10.1 Å². The van der Waals surface area contributed by atoms with Crippen LogP contribution in [0.3, 0.4) is 0 Å². The normalized spacial score (nSPS) is 16.6. The van der Waals surface area contributed by atoms with Gasteiger partial charge in [-0.1, -0.05) is 11.6 Å². The van der Waals surface area contributed by atoms with E-state index in [1.54, 1.807) is 24.3 Å².